The zero-order chi connectivity index (χ0) is 20.1. The van der Waals surface area contributed by atoms with Gasteiger partial charge in [0.1, 0.15) is 5.01 Å². The summed E-state index contributed by atoms with van der Waals surface area (Å²) in [7, 11) is 1.78. The van der Waals surface area contributed by atoms with Crippen molar-refractivity contribution >= 4 is 47.2 Å². The number of aromatic nitrogens is 1. The SMILES string of the molecule is CN=C(NCc1nc(-c2ccccc2)cs1)NC1CCN(C(=O)C2CCCC2)C1.I. The van der Waals surface area contributed by atoms with E-state index >= 15 is 0 Å². The summed E-state index contributed by atoms with van der Waals surface area (Å²) in [6, 6.07) is 10.5. The van der Waals surface area contributed by atoms with Crippen LogP contribution >= 0.6 is 35.3 Å². The average Bonchev–Trinajstić information content (AvgIpc) is 3.53. The van der Waals surface area contributed by atoms with Crippen LogP contribution < -0.4 is 10.6 Å². The number of halogens is 1. The van der Waals surface area contributed by atoms with Crippen LogP contribution in [0.15, 0.2) is 40.7 Å². The standard InChI is InChI=1S/C22H29N5OS.HI/c1-23-22(24-13-20-26-19(15-29-20)16-7-3-2-4-8-16)25-18-11-12-27(14-18)21(28)17-9-5-6-10-17;/h2-4,7-8,15,17-18H,5-6,9-14H2,1H3,(H2,23,24,25);1H. The van der Waals surface area contributed by atoms with Gasteiger partial charge in [0.2, 0.25) is 5.91 Å². The number of carbonyl (C=O) groups excluding carboxylic acids is 1. The first kappa shape index (κ1) is 23.0. The van der Waals surface area contributed by atoms with Crippen LogP contribution in [0, 0.1) is 5.92 Å². The first-order chi connectivity index (χ1) is 14.2. The first-order valence-corrected chi connectivity index (χ1v) is 11.4. The molecule has 1 atom stereocenters. The molecule has 1 aromatic heterocycles. The summed E-state index contributed by atoms with van der Waals surface area (Å²) in [4.78, 5) is 23.7. The second kappa shape index (κ2) is 11.1. The van der Waals surface area contributed by atoms with E-state index < -0.39 is 0 Å². The Morgan fingerprint density at radius 3 is 2.73 bits per heavy atom. The number of amides is 1. The summed E-state index contributed by atoms with van der Waals surface area (Å²) in [5.74, 6) is 1.38. The van der Waals surface area contributed by atoms with Crippen molar-refractivity contribution in [3.63, 3.8) is 0 Å². The molecular formula is C22H30IN5OS. The Labute approximate surface area is 199 Å². The van der Waals surface area contributed by atoms with Crippen molar-refractivity contribution < 1.29 is 4.79 Å². The van der Waals surface area contributed by atoms with E-state index in [-0.39, 0.29) is 35.9 Å². The highest BCUT2D eigenvalue weighted by Crippen LogP contribution is 2.28. The van der Waals surface area contributed by atoms with Crippen LogP contribution in [0.4, 0.5) is 0 Å². The van der Waals surface area contributed by atoms with Crippen LogP contribution in [-0.4, -0.2) is 47.9 Å². The molecule has 1 aromatic carbocycles. The van der Waals surface area contributed by atoms with Crippen LogP contribution in [0.5, 0.6) is 0 Å². The Bertz CT molecular complexity index is 850. The number of rotatable bonds is 5. The number of likely N-dealkylation sites (tertiary alicyclic amines) is 1. The summed E-state index contributed by atoms with van der Waals surface area (Å²) in [6.07, 6.45) is 5.50. The normalized spacial score (nSPS) is 19.6. The zero-order valence-electron chi connectivity index (χ0n) is 17.3. The molecule has 8 heteroatoms. The second-order valence-corrected chi connectivity index (χ2v) is 8.76. The molecule has 0 radical (unpaired) electrons. The molecule has 0 spiro atoms. The van der Waals surface area contributed by atoms with Gasteiger partial charge < -0.3 is 15.5 Å². The number of aliphatic imine (C=N–C) groups is 1. The number of nitrogens with zero attached hydrogens (tertiary/aromatic N) is 3. The van der Waals surface area contributed by atoms with Crippen molar-refractivity contribution in [3.8, 4) is 11.3 Å². The van der Waals surface area contributed by atoms with Gasteiger partial charge in [0.15, 0.2) is 5.96 Å². The molecule has 1 unspecified atom stereocenters. The molecule has 1 aliphatic heterocycles. The lowest BCUT2D eigenvalue weighted by atomic mass is 10.1. The number of benzene rings is 1. The highest BCUT2D eigenvalue weighted by atomic mass is 127. The van der Waals surface area contributed by atoms with Crippen molar-refractivity contribution in [2.24, 2.45) is 10.9 Å². The highest BCUT2D eigenvalue weighted by Gasteiger charge is 2.32. The number of carbonyl (C=O) groups is 1. The Kier molecular flexibility index (Phi) is 8.50. The van der Waals surface area contributed by atoms with Gasteiger partial charge in [-0.2, -0.15) is 0 Å². The molecule has 0 bridgehead atoms. The van der Waals surface area contributed by atoms with Crippen molar-refractivity contribution in [3.05, 3.63) is 40.7 Å². The third-order valence-electron chi connectivity index (χ3n) is 5.80. The minimum absolute atomic E-state index is 0. The van der Waals surface area contributed by atoms with E-state index in [1.54, 1.807) is 18.4 Å². The van der Waals surface area contributed by atoms with Gasteiger partial charge in [-0.05, 0) is 19.3 Å². The van der Waals surface area contributed by atoms with Crippen molar-refractivity contribution in [1.82, 2.24) is 20.5 Å². The minimum Gasteiger partial charge on any atom is -0.352 e. The van der Waals surface area contributed by atoms with E-state index in [2.05, 4.69) is 33.1 Å². The van der Waals surface area contributed by atoms with E-state index in [0.717, 1.165) is 54.6 Å². The monoisotopic (exact) mass is 539 g/mol. The fourth-order valence-electron chi connectivity index (χ4n) is 4.19. The molecule has 2 fully saturated rings. The van der Waals surface area contributed by atoms with Gasteiger partial charge in [0.25, 0.3) is 0 Å². The van der Waals surface area contributed by atoms with Crippen LogP contribution in [-0.2, 0) is 11.3 Å². The lowest BCUT2D eigenvalue weighted by molar-refractivity contribution is -0.134. The number of hydrogen-bond donors (Lipinski definition) is 2. The van der Waals surface area contributed by atoms with Gasteiger partial charge in [-0.3, -0.25) is 9.79 Å². The Balaban J connectivity index is 0.00000256. The van der Waals surface area contributed by atoms with Crippen molar-refractivity contribution in [2.75, 3.05) is 20.1 Å². The molecule has 2 aromatic rings. The van der Waals surface area contributed by atoms with Gasteiger partial charge in [0, 0.05) is 43.0 Å². The summed E-state index contributed by atoms with van der Waals surface area (Å²) in [6.45, 7) is 2.25. The summed E-state index contributed by atoms with van der Waals surface area (Å²) >= 11 is 1.65. The lowest BCUT2D eigenvalue weighted by Crippen LogP contribution is -2.45. The van der Waals surface area contributed by atoms with E-state index in [0.29, 0.717) is 12.5 Å². The molecule has 1 amide bonds. The van der Waals surface area contributed by atoms with Gasteiger partial charge in [-0.1, -0.05) is 43.2 Å². The number of thiazole rings is 1. The number of nitrogens with one attached hydrogen (secondary N) is 2. The second-order valence-electron chi connectivity index (χ2n) is 7.81. The first-order valence-electron chi connectivity index (χ1n) is 10.5. The van der Waals surface area contributed by atoms with Crippen LogP contribution in [0.25, 0.3) is 11.3 Å². The fraction of sp³-hybridized carbons (Fsp3) is 0.500. The lowest BCUT2D eigenvalue weighted by Gasteiger charge is -2.21. The van der Waals surface area contributed by atoms with E-state index in [4.69, 9.17) is 4.98 Å². The molecule has 162 valence electrons. The maximum absolute atomic E-state index is 12.6. The molecule has 2 aliphatic rings. The Hall–Kier alpha value is -1.68. The largest absolute Gasteiger partial charge is 0.352 e. The average molecular weight is 539 g/mol. The maximum Gasteiger partial charge on any atom is 0.225 e. The van der Waals surface area contributed by atoms with Crippen LogP contribution in [0.1, 0.15) is 37.1 Å². The van der Waals surface area contributed by atoms with Crippen molar-refractivity contribution in [2.45, 2.75) is 44.7 Å². The molecule has 4 rings (SSSR count). The third kappa shape index (κ3) is 5.72. The van der Waals surface area contributed by atoms with Gasteiger partial charge >= 0.3 is 0 Å². The topological polar surface area (TPSA) is 69.6 Å². The molecule has 1 aliphatic carbocycles. The zero-order valence-corrected chi connectivity index (χ0v) is 20.5. The van der Waals surface area contributed by atoms with Crippen LogP contribution in [0.3, 0.4) is 0 Å². The molecule has 6 nitrogen and oxygen atoms in total. The predicted octanol–water partition coefficient (Wildman–Crippen LogP) is 3.88. The Morgan fingerprint density at radius 2 is 2.00 bits per heavy atom. The van der Waals surface area contributed by atoms with Crippen molar-refractivity contribution in [1.29, 1.82) is 0 Å². The predicted molar refractivity (Wildman–Crippen MR) is 133 cm³/mol. The highest BCUT2D eigenvalue weighted by molar-refractivity contribution is 14.0. The quantitative estimate of drug-likeness (QED) is 0.344. The van der Waals surface area contributed by atoms with E-state index in [1.807, 2.05) is 23.1 Å². The minimum atomic E-state index is 0. The molecule has 1 saturated carbocycles. The van der Waals surface area contributed by atoms with Crippen LogP contribution in [0.2, 0.25) is 0 Å². The summed E-state index contributed by atoms with van der Waals surface area (Å²) in [5, 5.41) is 9.95. The number of guanidine groups is 1. The molecule has 1 saturated heterocycles. The Morgan fingerprint density at radius 1 is 1.23 bits per heavy atom. The molecule has 2 heterocycles. The van der Waals surface area contributed by atoms with E-state index in [1.165, 1.54) is 12.8 Å². The molecule has 30 heavy (non-hydrogen) atoms. The fourth-order valence-corrected chi connectivity index (χ4v) is 4.93. The van der Waals surface area contributed by atoms with Gasteiger partial charge in [-0.15, -0.1) is 35.3 Å². The third-order valence-corrected chi connectivity index (χ3v) is 6.65. The molecule has 2 N–H and O–H groups in total. The van der Waals surface area contributed by atoms with Gasteiger partial charge in [-0.25, -0.2) is 4.98 Å². The van der Waals surface area contributed by atoms with E-state index in [9.17, 15) is 4.79 Å². The summed E-state index contributed by atoms with van der Waals surface area (Å²) in [5.41, 5.74) is 2.14. The maximum atomic E-state index is 12.6. The summed E-state index contributed by atoms with van der Waals surface area (Å²) < 4.78 is 0. The van der Waals surface area contributed by atoms with Gasteiger partial charge in [0.05, 0.1) is 12.2 Å². The smallest absolute Gasteiger partial charge is 0.225 e. The molecular weight excluding hydrogens is 509 g/mol. The number of hydrogen-bond acceptors (Lipinski definition) is 4.